The van der Waals surface area contributed by atoms with E-state index >= 15 is 0 Å². The fourth-order valence-corrected chi connectivity index (χ4v) is 3.26. The lowest BCUT2D eigenvalue weighted by Crippen LogP contribution is -2.29. The van der Waals surface area contributed by atoms with Gasteiger partial charge in [-0.25, -0.2) is 5.01 Å². The number of nitrogens with zero attached hydrogens (tertiary/aromatic N) is 3. The Labute approximate surface area is 214 Å². The second kappa shape index (κ2) is 15.1. The molecular formula is C27H39N7O2. The van der Waals surface area contributed by atoms with E-state index in [2.05, 4.69) is 27.6 Å². The molecule has 0 aliphatic carbocycles. The van der Waals surface area contributed by atoms with Crippen molar-refractivity contribution in [1.29, 1.82) is 5.41 Å². The molecule has 1 aliphatic heterocycles. The second-order valence-electron chi connectivity index (χ2n) is 8.30. The van der Waals surface area contributed by atoms with E-state index in [1.54, 1.807) is 38.3 Å². The van der Waals surface area contributed by atoms with Gasteiger partial charge in [0.1, 0.15) is 5.71 Å². The van der Waals surface area contributed by atoms with Crippen molar-refractivity contribution in [2.24, 2.45) is 16.0 Å². The predicted molar refractivity (Wildman–Crippen MR) is 148 cm³/mol. The van der Waals surface area contributed by atoms with Gasteiger partial charge in [0.2, 0.25) is 5.91 Å². The molecule has 194 valence electrons. The standard InChI is InChI=1S/C27H39N7O2/c1-8-11-13-21(31-25(35)10-3)16-23(18(4)5)32-27(36)22(12-9-2)24-15-14-20(17-34(24)30-7)26(33-29)19(6)28/h11,13-17,28H,7-10,12,29H2,1-6H3,(H,31,35)(H,32,36)/b13-11-,21-16+,24-22+,28-19?,33-26+. The van der Waals surface area contributed by atoms with Crippen LogP contribution in [0.1, 0.15) is 67.2 Å². The Kier molecular flexibility index (Phi) is 12.6. The number of rotatable bonds is 12. The fraction of sp³-hybridized carbons (Fsp3) is 0.370. The van der Waals surface area contributed by atoms with Crippen LogP contribution in [0.25, 0.3) is 0 Å². The van der Waals surface area contributed by atoms with Crippen LogP contribution < -0.4 is 16.5 Å². The summed E-state index contributed by atoms with van der Waals surface area (Å²) in [5.74, 6) is 5.07. The highest BCUT2D eigenvalue weighted by Crippen LogP contribution is 2.25. The van der Waals surface area contributed by atoms with Gasteiger partial charge in [-0.15, -0.1) is 0 Å². The molecule has 0 saturated heterocycles. The summed E-state index contributed by atoms with van der Waals surface area (Å²) in [6, 6.07) is 0. The predicted octanol–water partition coefficient (Wildman–Crippen LogP) is 4.55. The van der Waals surface area contributed by atoms with Crippen molar-refractivity contribution in [1.82, 2.24) is 15.6 Å². The molecule has 0 aromatic rings. The number of nitrogens with two attached hydrogens (primary N) is 1. The highest BCUT2D eigenvalue weighted by atomic mass is 16.2. The summed E-state index contributed by atoms with van der Waals surface area (Å²) in [4.78, 5) is 25.5. The normalized spacial score (nSPS) is 15.4. The van der Waals surface area contributed by atoms with Gasteiger partial charge in [-0.3, -0.25) is 9.59 Å². The molecule has 1 aliphatic rings. The van der Waals surface area contributed by atoms with Crippen molar-refractivity contribution in [3.8, 4) is 0 Å². The van der Waals surface area contributed by atoms with Crippen LogP contribution in [0, 0.1) is 5.41 Å². The number of allylic oxidation sites excluding steroid dienone is 7. The number of hydrazone groups is 2. The zero-order valence-corrected chi connectivity index (χ0v) is 22.2. The average molecular weight is 494 g/mol. The van der Waals surface area contributed by atoms with Crippen molar-refractivity contribution in [2.45, 2.75) is 67.2 Å². The molecular weight excluding hydrogens is 454 g/mol. The minimum absolute atomic E-state index is 0.113. The van der Waals surface area contributed by atoms with Gasteiger partial charge in [-0.2, -0.15) is 10.2 Å². The molecule has 0 saturated carbocycles. The summed E-state index contributed by atoms with van der Waals surface area (Å²) >= 11 is 0. The molecule has 0 bridgehead atoms. The summed E-state index contributed by atoms with van der Waals surface area (Å²) in [7, 11) is 0. The molecule has 1 heterocycles. The maximum Gasteiger partial charge on any atom is 0.253 e. The van der Waals surface area contributed by atoms with E-state index in [-0.39, 0.29) is 17.5 Å². The first-order chi connectivity index (χ1) is 17.1. The molecule has 36 heavy (non-hydrogen) atoms. The summed E-state index contributed by atoms with van der Waals surface area (Å²) in [6.07, 6.45) is 13.1. The van der Waals surface area contributed by atoms with Gasteiger partial charge in [0.15, 0.2) is 0 Å². The van der Waals surface area contributed by atoms with Gasteiger partial charge >= 0.3 is 0 Å². The number of carbonyl (C=O) groups is 2. The molecule has 0 spiro atoms. The molecule has 9 nitrogen and oxygen atoms in total. The van der Waals surface area contributed by atoms with E-state index in [1.165, 1.54) is 5.01 Å². The Balaban J connectivity index is 3.46. The molecule has 5 N–H and O–H groups in total. The van der Waals surface area contributed by atoms with Gasteiger partial charge in [-0.1, -0.05) is 38.8 Å². The van der Waals surface area contributed by atoms with Crippen molar-refractivity contribution in [3.63, 3.8) is 0 Å². The molecule has 0 atom stereocenters. The second-order valence-corrected chi connectivity index (χ2v) is 8.30. The zero-order chi connectivity index (χ0) is 27.3. The average Bonchev–Trinajstić information content (AvgIpc) is 2.85. The minimum Gasteiger partial charge on any atom is -0.326 e. The van der Waals surface area contributed by atoms with Crippen molar-refractivity contribution in [2.75, 3.05) is 0 Å². The number of carbonyl (C=O) groups excluding carboxylic acids is 2. The maximum absolute atomic E-state index is 13.5. The molecule has 0 radical (unpaired) electrons. The smallest absolute Gasteiger partial charge is 0.253 e. The van der Waals surface area contributed by atoms with Gasteiger partial charge < -0.3 is 21.9 Å². The maximum atomic E-state index is 13.5. The van der Waals surface area contributed by atoms with Crippen LogP contribution in [0.2, 0.25) is 0 Å². The lowest BCUT2D eigenvalue weighted by molar-refractivity contribution is -0.120. The first kappa shape index (κ1) is 30.0. The number of amides is 2. The summed E-state index contributed by atoms with van der Waals surface area (Å²) in [5, 5.41) is 23.0. The van der Waals surface area contributed by atoms with Crippen LogP contribution in [-0.2, 0) is 9.59 Å². The first-order valence-corrected chi connectivity index (χ1v) is 12.0. The SMILES string of the molecule is C=NN1C=C(/C(=N/N)C(C)=N)C=C/C1=C(/CCC)C(=O)NC(/C=C(\C=C/CC)NC(=O)CC)=C(C)C. The molecule has 0 fully saturated rings. The highest BCUT2D eigenvalue weighted by molar-refractivity contribution is 6.47. The van der Waals surface area contributed by atoms with E-state index < -0.39 is 0 Å². The highest BCUT2D eigenvalue weighted by Gasteiger charge is 2.22. The molecule has 2 amide bonds. The van der Waals surface area contributed by atoms with Crippen LogP contribution in [-0.4, -0.2) is 35.0 Å². The topological polar surface area (TPSA) is 136 Å². The molecule has 0 aromatic carbocycles. The van der Waals surface area contributed by atoms with Crippen LogP contribution in [0.3, 0.4) is 0 Å². The largest absolute Gasteiger partial charge is 0.326 e. The number of hydrogen-bond donors (Lipinski definition) is 4. The van der Waals surface area contributed by atoms with Gasteiger partial charge in [0, 0.05) is 41.9 Å². The summed E-state index contributed by atoms with van der Waals surface area (Å²) in [6.45, 7) is 14.8. The number of hydrogen-bond acceptors (Lipinski definition) is 7. The van der Waals surface area contributed by atoms with Crippen molar-refractivity contribution in [3.05, 3.63) is 70.4 Å². The van der Waals surface area contributed by atoms with Gasteiger partial charge in [0.25, 0.3) is 5.91 Å². The Morgan fingerprint density at radius 2 is 1.86 bits per heavy atom. The quantitative estimate of drug-likeness (QED) is 0.104. The third-order valence-electron chi connectivity index (χ3n) is 5.15. The first-order valence-electron chi connectivity index (χ1n) is 12.0. The minimum atomic E-state index is -0.286. The number of nitrogens with one attached hydrogen (secondary N) is 3. The van der Waals surface area contributed by atoms with Gasteiger partial charge in [-0.05, 0) is 57.9 Å². The Morgan fingerprint density at radius 1 is 1.17 bits per heavy atom. The Hall–Kier alpha value is -4.01. The van der Waals surface area contributed by atoms with Crippen LogP contribution in [0.5, 0.6) is 0 Å². The van der Waals surface area contributed by atoms with E-state index in [1.807, 2.05) is 39.8 Å². The molecule has 0 aromatic heterocycles. The monoisotopic (exact) mass is 493 g/mol. The lowest BCUT2D eigenvalue weighted by Gasteiger charge is -2.24. The zero-order valence-electron chi connectivity index (χ0n) is 22.2. The fourth-order valence-electron chi connectivity index (χ4n) is 3.26. The Morgan fingerprint density at radius 3 is 2.36 bits per heavy atom. The summed E-state index contributed by atoms with van der Waals surface area (Å²) in [5.41, 5.74) is 4.26. The van der Waals surface area contributed by atoms with E-state index in [9.17, 15) is 9.59 Å². The molecule has 9 heteroatoms. The van der Waals surface area contributed by atoms with Crippen LogP contribution >= 0.6 is 0 Å². The van der Waals surface area contributed by atoms with E-state index in [0.717, 1.165) is 18.4 Å². The molecule has 1 rings (SSSR count). The lowest BCUT2D eigenvalue weighted by atomic mass is 10.0. The third-order valence-corrected chi connectivity index (χ3v) is 5.15. The van der Waals surface area contributed by atoms with E-state index in [0.29, 0.717) is 46.8 Å². The van der Waals surface area contributed by atoms with Crippen LogP contribution in [0.4, 0.5) is 0 Å². The Bertz CT molecular complexity index is 1080. The van der Waals surface area contributed by atoms with Crippen LogP contribution in [0.15, 0.2) is 80.6 Å². The summed E-state index contributed by atoms with van der Waals surface area (Å²) < 4.78 is 0. The van der Waals surface area contributed by atoms with Crippen molar-refractivity contribution < 1.29 is 9.59 Å². The van der Waals surface area contributed by atoms with Gasteiger partial charge in [0.05, 0.1) is 11.4 Å². The van der Waals surface area contributed by atoms with E-state index in [4.69, 9.17) is 11.3 Å². The third kappa shape index (κ3) is 8.65. The molecule has 0 unspecified atom stereocenters. The van der Waals surface area contributed by atoms with Crippen molar-refractivity contribution >= 4 is 30.0 Å².